The van der Waals surface area contributed by atoms with Gasteiger partial charge in [-0.1, -0.05) is 0 Å². The van der Waals surface area contributed by atoms with Crippen molar-refractivity contribution in [3.8, 4) is 17.1 Å². The molecule has 0 N–H and O–H groups in total. The van der Waals surface area contributed by atoms with Crippen molar-refractivity contribution in [2.75, 3.05) is 7.05 Å². The minimum absolute atomic E-state index is 0.0222. The molecule has 0 radical (unpaired) electrons. The van der Waals surface area contributed by atoms with Gasteiger partial charge in [-0.25, -0.2) is 14.3 Å². The number of ether oxygens (including phenoxy) is 2. The van der Waals surface area contributed by atoms with E-state index in [0.717, 1.165) is 33.2 Å². The van der Waals surface area contributed by atoms with Gasteiger partial charge >= 0.3 is 6.09 Å². The standard InChI is InChI=1S/C20H25IN6O3/c1-20(2,3)30-19(28)26(5)13-6-14(7-13)29-18-17-15(21)9-23-27(17)11-16(24-18)12-8-22-25(4)10-12/h8-11,13-14H,6-7H2,1-5H3/t13-,14-. The molecule has 9 nitrogen and oxygen atoms in total. The monoisotopic (exact) mass is 524 g/mol. The van der Waals surface area contributed by atoms with Gasteiger partial charge in [-0.3, -0.25) is 4.68 Å². The molecule has 3 aromatic heterocycles. The van der Waals surface area contributed by atoms with Gasteiger partial charge in [0.05, 0.1) is 27.9 Å². The van der Waals surface area contributed by atoms with Gasteiger partial charge in [0.15, 0.2) is 0 Å². The molecule has 0 bridgehead atoms. The van der Waals surface area contributed by atoms with Gasteiger partial charge < -0.3 is 14.4 Å². The number of amides is 1. The Bertz CT molecular complexity index is 1080. The van der Waals surface area contributed by atoms with Crippen LogP contribution in [0.5, 0.6) is 5.88 Å². The Morgan fingerprint density at radius 2 is 1.97 bits per heavy atom. The summed E-state index contributed by atoms with van der Waals surface area (Å²) in [7, 11) is 3.64. The van der Waals surface area contributed by atoms with Crippen molar-refractivity contribution >= 4 is 34.2 Å². The minimum Gasteiger partial charge on any atom is -0.473 e. The van der Waals surface area contributed by atoms with E-state index in [1.807, 2.05) is 40.2 Å². The van der Waals surface area contributed by atoms with Crippen LogP contribution in [0, 0.1) is 3.57 Å². The van der Waals surface area contributed by atoms with Crippen LogP contribution in [0.15, 0.2) is 24.8 Å². The van der Waals surface area contributed by atoms with Crippen LogP contribution < -0.4 is 4.74 Å². The molecule has 1 saturated carbocycles. The van der Waals surface area contributed by atoms with Crippen LogP contribution in [0.3, 0.4) is 0 Å². The number of hydrogen-bond acceptors (Lipinski definition) is 6. The summed E-state index contributed by atoms with van der Waals surface area (Å²) in [5.41, 5.74) is 1.97. The molecule has 3 heterocycles. The largest absolute Gasteiger partial charge is 0.473 e. The summed E-state index contributed by atoms with van der Waals surface area (Å²) < 4.78 is 16.2. The maximum absolute atomic E-state index is 12.3. The van der Waals surface area contributed by atoms with E-state index in [9.17, 15) is 4.79 Å². The van der Waals surface area contributed by atoms with Crippen LogP contribution in [-0.2, 0) is 11.8 Å². The van der Waals surface area contributed by atoms with E-state index in [1.165, 1.54) is 0 Å². The van der Waals surface area contributed by atoms with Crippen LogP contribution >= 0.6 is 22.6 Å². The van der Waals surface area contributed by atoms with E-state index >= 15 is 0 Å². The molecule has 0 spiro atoms. The molecule has 1 fully saturated rings. The molecule has 0 aromatic carbocycles. The molecule has 1 aliphatic rings. The molecule has 160 valence electrons. The number of aryl methyl sites for hydroxylation is 1. The van der Waals surface area contributed by atoms with Gasteiger partial charge in [-0.15, -0.1) is 0 Å². The number of carbonyl (C=O) groups excluding carboxylic acids is 1. The topological polar surface area (TPSA) is 86.8 Å². The molecule has 3 aromatic rings. The average molecular weight is 524 g/mol. The van der Waals surface area contributed by atoms with Gasteiger partial charge in [0.25, 0.3) is 0 Å². The average Bonchev–Trinajstić information content (AvgIpc) is 3.21. The van der Waals surface area contributed by atoms with Crippen molar-refractivity contribution < 1.29 is 14.3 Å². The molecule has 10 heteroatoms. The summed E-state index contributed by atoms with van der Waals surface area (Å²) in [6.45, 7) is 5.60. The molecule has 1 aliphatic carbocycles. The van der Waals surface area contributed by atoms with Crippen molar-refractivity contribution in [1.29, 1.82) is 0 Å². The third-order valence-corrected chi connectivity index (χ3v) is 5.79. The lowest BCUT2D eigenvalue weighted by molar-refractivity contribution is -0.00937. The number of hydrogen-bond donors (Lipinski definition) is 0. The molecular formula is C20H25IN6O3. The zero-order chi connectivity index (χ0) is 21.6. The lowest BCUT2D eigenvalue weighted by Crippen LogP contribution is -2.51. The van der Waals surface area contributed by atoms with E-state index in [0.29, 0.717) is 5.88 Å². The van der Waals surface area contributed by atoms with E-state index in [1.54, 1.807) is 33.5 Å². The van der Waals surface area contributed by atoms with Crippen molar-refractivity contribution in [3.05, 3.63) is 28.4 Å². The fourth-order valence-electron chi connectivity index (χ4n) is 3.31. The van der Waals surface area contributed by atoms with Gasteiger partial charge in [0, 0.05) is 44.7 Å². The smallest absolute Gasteiger partial charge is 0.410 e. The molecule has 1 amide bonds. The first kappa shape index (κ1) is 20.9. The van der Waals surface area contributed by atoms with Gasteiger partial charge in [-0.2, -0.15) is 10.2 Å². The maximum Gasteiger partial charge on any atom is 0.410 e. The van der Waals surface area contributed by atoms with E-state index < -0.39 is 5.60 Å². The SMILES string of the molecule is Cn1cc(-c2cn3ncc(I)c3c(O[C@H]3C[C@H](N(C)C(=O)OC(C)(C)C)C3)n2)cn1. The summed E-state index contributed by atoms with van der Waals surface area (Å²) in [5.74, 6) is 0.543. The number of fused-ring (bicyclic) bond motifs is 1. The maximum atomic E-state index is 12.3. The first-order valence-corrected chi connectivity index (χ1v) is 10.8. The van der Waals surface area contributed by atoms with Crippen LogP contribution in [-0.4, -0.2) is 60.2 Å². The summed E-state index contributed by atoms with van der Waals surface area (Å²) in [4.78, 5) is 18.7. The Hall–Kier alpha value is -2.37. The number of rotatable bonds is 4. The number of carbonyl (C=O) groups is 1. The van der Waals surface area contributed by atoms with Gasteiger partial charge in [-0.05, 0) is 43.4 Å². The lowest BCUT2D eigenvalue weighted by atomic mass is 9.88. The first-order valence-electron chi connectivity index (χ1n) is 9.76. The zero-order valence-electron chi connectivity index (χ0n) is 17.7. The fourth-order valence-corrected chi connectivity index (χ4v) is 3.91. The highest BCUT2D eigenvalue weighted by atomic mass is 127. The fraction of sp³-hybridized carbons (Fsp3) is 0.500. The summed E-state index contributed by atoms with van der Waals surface area (Å²) in [6, 6.07) is 0.0892. The quantitative estimate of drug-likeness (QED) is 0.486. The van der Waals surface area contributed by atoms with Gasteiger partial charge in [0.2, 0.25) is 5.88 Å². The molecule has 0 saturated heterocycles. The molecular weight excluding hydrogens is 499 g/mol. The highest BCUT2D eigenvalue weighted by Crippen LogP contribution is 2.33. The lowest BCUT2D eigenvalue weighted by Gasteiger charge is -2.40. The first-order chi connectivity index (χ1) is 14.1. The van der Waals surface area contributed by atoms with Crippen LogP contribution in [0.4, 0.5) is 4.79 Å². The van der Waals surface area contributed by atoms with Crippen molar-refractivity contribution in [1.82, 2.24) is 29.3 Å². The highest BCUT2D eigenvalue weighted by Gasteiger charge is 2.38. The number of halogens is 1. The second-order valence-electron chi connectivity index (χ2n) is 8.58. The highest BCUT2D eigenvalue weighted by molar-refractivity contribution is 14.1. The summed E-state index contributed by atoms with van der Waals surface area (Å²) >= 11 is 2.23. The number of nitrogens with zero attached hydrogens (tertiary/aromatic N) is 6. The summed E-state index contributed by atoms with van der Waals surface area (Å²) in [5, 5.41) is 8.64. The van der Waals surface area contributed by atoms with Gasteiger partial charge in [0.1, 0.15) is 17.2 Å². The third kappa shape index (κ3) is 4.23. The zero-order valence-corrected chi connectivity index (χ0v) is 19.8. The van der Waals surface area contributed by atoms with Crippen molar-refractivity contribution in [3.63, 3.8) is 0 Å². The van der Waals surface area contributed by atoms with E-state index in [2.05, 4.69) is 32.8 Å². The second kappa shape index (κ2) is 7.71. The molecule has 0 aliphatic heterocycles. The number of aromatic nitrogens is 5. The van der Waals surface area contributed by atoms with Crippen molar-refractivity contribution in [2.24, 2.45) is 7.05 Å². The van der Waals surface area contributed by atoms with Crippen molar-refractivity contribution in [2.45, 2.75) is 51.4 Å². The Morgan fingerprint density at radius 1 is 1.23 bits per heavy atom. The molecule has 4 rings (SSSR count). The molecule has 0 atom stereocenters. The normalized spacial score (nSPS) is 18.9. The Kier molecular flexibility index (Phi) is 5.37. The molecule has 30 heavy (non-hydrogen) atoms. The Labute approximate surface area is 188 Å². The van der Waals surface area contributed by atoms with Crippen LogP contribution in [0.1, 0.15) is 33.6 Å². The Balaban J connectivity index is 1.50. The van der Waals surface area contributed by atoms with Crippen LogP contribution in [0.25, 0.3) is 16.8 Å². The predicted molar refractivity (Wildman–Crippen MR) is 119 cm³/mol. The molecule has 0 unspecified atom stereocenters. The van der Waals surface area contributed by atoms with Crippen LogP contribution in [0.2, 0.25) is 0 Å². The summed E-state index contributed by atoms with van der Waals surface area (Å²) in [6.07, 6.45) is 8.46. The minimum atomic E-state index is -0.508. The predicted octanol–water partition coefficient (Wildman–Crippen LogP) is 3.51. The third-order valence-electron chi connectivity index (χ3n) is 5.00. The van der Waals surface area contributed by atoms with E-state index in [-0.39, 0.29) is 18.2 Å². The Morgan fingerprint density at radius 3 is 2.60 bits per heavy atom. The second-order valence-corrected chi connectivity index (χ2v) is 9.74. The van der Waals surface area contributed by atoms with E-state index in [4.69, 9.17) is 14.5 Å².